The number of piperidine rings is 1. The largest absolute Gasteiger partial charge is 0.497 e. The van der Waals surface area contributed by atoms with Gasteiger partial charge in [-0.15, -0.1) is 0 Å². The molecule has 0 aliphatic carbocycles. The molecule has 170 valence electrons. The van der Waals surface area contributed by atoms with Crippen LogP contribution in [0.3, 0.4) is 0 Å². The van der Waals surface area contributed by atoms with Crippen molar-refractivity contribution in [1.29, 1.82) is 0 Å². The normalized spacial score (nSPS) is 14.0. The number of ether oxygens (including phenoxy) is 2. The molecule has 0 radical (unpaired) electrons. The van der Waals surface area contributed by atoms with E-state index in [1.165, 1.54) is 12.1 Å². The molecule has 1 saturated heterocycles. The van der Waals surface area contributed by atoms with Gasteiger partial charge in [-0.3, -0.25) is 14.9 Å². The Morgan fingerprint density at radius 2 is 1.94 bits per heavy atom. The van der Waals surface area contributed by atoms with Crippen molar-refractivity contribution < 1.29 is 24.0 Å². The summed E-state index contributed by atoms with van der Waals surface area (Å²) < 4.78 is 10.2. The Morgan fingerprint density at radius 1 is 1.19 bits per heavy atom. The number of nitro groups is 1. The smallest absolute Gasteiger partial charge is 0.338 e. The minimum absolute atomic E-state index is 0.0337. The van der Waals surface area contributed by atoms with Crippen molar-refractivity contribution in [1.82, 2.24) is 5.32 Å². The first-order chi connectivity index (χ1) is 15.4. The molecular weight excluding hydrogens is 414 g/mol. The number of hydrogen-bond donors (Lipinski definition) is 1. The van der Waals surface area contributed by atoms with Crippen LogP contribution in [0.4, 0.5) is 11.4 Å². The van der Waals surface area contributed by atoms with Gasteiger partial charge in [0.05, 0.1) is 17.6 Å². The fourth-order valence-corrected chi connectivity index (χ4v) is 3.56. The number of methoxy groups -OCH3 is 1. The molecule has 0 unspecified atom stereocenters. The number of nitrogens with zero attached hydrogens (tertiary/aromatic N) is 2. The van der Waals surface area contributed by atoms with E-state index in [-0.39, 0.29) is 17.8 Å². The van der Waals surface area contributed by atoms with E-state index >= 15 is 0 Å². The number of nitro benzene ring substituents is 1. The maximum atomic E-state index is 12.4. The summed E-state index contributed by atoms with van der Waals surface area (Å²) in [5.41, 5.74) is 1.22. The average Bonchev–Trinajstić information content (AvgIpc) is 2.81. The Morgan fingerprint density at radius 3 is 2.62 bits per heavy atom. The van der Waals surface area contributed by atoms with Crippen molar-refractivity contribution in [3.8, 4) is 5.75 Å². The number of anilines is 1. The Bertz CT molecular complexity index is 985. The predicted octanol–water partition coefficient (Wildman–Crippen LogP) is 3.31. The number of amides is 1. The van der Waals surface area contributed by atoms with Crippen LogP contribution in [0.2, 0.25) is 0 Å². The molecule has 0 saturated carbocycles. The molecule has 1 amide bonds. The van der Waals surface area contributed by atoms with Crippen molar-refractivity contribution in [2.75, 3.05) is 31.7 Å². The summed E-state index contributed by atoms with van der Waals surface area (Å²) in [5.74, 6) is 0.0000735. The molecule has 1 aliphatic heterocycles. The van der Waals surface area contributed by atoms with Crippen LogP contribution >= 0.6 is 0 Å². The third kappa shape index (κ3) is 5.96. The van der Waals surface area contributed by atoms with Gasteiger partial charge in [-0.25, -0.2) is 4.79 Å². The van der Waals surface area contributed by atoms with Gasteiger partial charge >= 0.3 is 5.97 Å². The van der Waals surface area contributed by atoms with Crippen LogP contribution in [0.1, 0.15) is 35.7 Å². The highest BCUT2D eigenvalue weighted by Gasteiger charge is 2.25. The van der Waals surface area contributed by atoms with E-state index in [0.717, 1.165) is 31.5 Å². The van der Waals surface area contributed by atoms with Gasteiger partial charge in [0.1, 0.15) is 11.4 Å². The fourth-order valence-electron chi connectivity index (χ4n) is 3.56. The van der Waals surface area contributed by atoms with Crippen molar-refractivity contribution in [2.45, 2.75) is 26.3 Å². The van der Waals surface area contributed by atoms with Gasteiger partial charge in [0, 0.05) is 25.7 Å². The number of rotatable bonds is 8. The second kappa shape index (κ2) is 10.6. The molecule has 9 nitrogen and oxygen atoms in total. The summed E-state index contributed by atoms with van der Waals surface area (Å²) in [6.45, 7) is 3.40. The van der Waals surface area contributed by atoms with E-state index < -0.39 is 23.4 Å². The summed E-state index contributed by atoms with van der Waals surface area (Å²) in [5, 5.41) is 14.2. The summed E-state index contributed by atoms with van der Waals surface area (Å²) in [7, 11) is 1.56. The van der Waals surface area contributed by atoms with E-state index in [2.05, 4.69) is 12.2 Å². The maximum absolute atomic E-state index is 12.4. The number of carbonyl (C=O) groups is 2. The first-order valence-corrected chi connectivity index (χ1v) is 10.5. The lowest BCUT2D eigenvalue weighted by molar-refractivity contribution is -0.384. The Labute approximate surface area is 186 Å². The number of esters is 1. The highest BCUT2D eigenvalue weighted by Crippen LogP contribution is 2.32. The summed E-state index contributed by atoms with van der Waals surface area (Å²) in [6.07, 6.45) is 1.93. The SMILES string of the molecule is COc1cccc(CNC(=O)COC(=O)c2ccc(N3CCC(C)CC3)c([N+](=O)[O-])c2)c1. The molecule has 0 atom stereocenters. The molecule has 1 heterocycles. The van der Waals surface area contributed by atoms with E-state index in [1.54, 1.807) is 31.4 Å². The first-order valence-electron chi connectivity index (χ1n) is 10.5. The van der Waals surface area contributed by atoms with Crippen LogP contribution in [0.15, 0.2) is 42.5 Å². The monoisotopic (exact) mass is 441 g/mol. The molecule has 0 spiro atoms. The third-order valence-corrected chi connectivity index (χ3v) is 5.49. The standard InChI is InChI=1S/C23H27N3O6/c1-16-8-10-25(11-9-16)20-7-6-18(13-21(20)26(29)30)23(28)32-15-22(27)24-14-17-4-3-5-19(12-17)31-2/h3-7,12-13,16H,8-11,14-15H2,1-2H3,(H,24,27). The predicted molar refractivity (Wildman–Crippen MR) is 119 cm³/mol. The minimum Gasteiger partial charge on any atom is -0.497 e. The van der Waals surface area contributed by atoms with Gasteiger partial charge in [0.2, 0.25) is 0 Å². The zero-order chi connectivity index (χ0) is 23.1. The zero-order valence-corrected chi connectivity index (χ0v) is 18.2. The summed E-state index contributed by atoms with van der Waals surface area (Å²) >= 11 is 0. The van der Waals surface area contributed by atoms with Crippen molar-refractivity contribution in [2.24, 2.45) is 5.92 Å². The van der Waals surface area contributed by atoms with Crippen molar-refractivity contribution in [3.63, 3.8) is 0 Å². The third-order valence-electron chi connectivity index (χ3n) is 5.49. The molecule has 2 aromatic carbocycles. The summed E-state index contributed by atoms with van der Waals surface area (Å²) in [6, 6.07) is 11.5. The van der Waals surface area contributed by atoms with Crippen LogP contribution < -0.4 is 15.0 Å². The lowest BCUT2D eigenvalue weighted by atomic mass is 9.98. The van der Waals surface area contributed by atoms with Crippen LogP contribution in [0.25, 0.3) is 0 Å². The van der Waals surface area contributed by atoms with Crippen LogP contribution in [0, 0.1) is 16.0 Å². The molecule has 2 aromatic rings. The van der Waals surface area contributed by atoms with Gasteiger partial charge < -0.3 is 19.7 Å². The number of carbonyl (C=O) groups excluding carboxylic acids is 2. The Hall–Kier alpha value is -3.62. The van der Waals surface area contributed by atoms with Gasteiger partial charge in [0.25, 0.3) is 11.6 Å². The second-order valence-corrected chi connectivity index (χ2v) is 7.83. The molecule has 0 aromatic heterocycles. The van der Waals surface area contributed by atoms with E-state index in [1.807, 2.05) is 11.0 Å². The number of benzene rings is 2. The van der Waals surface area contributed by atoms with Gasteiger partial charge in [0.15, 0.2) is 6.61 Å². The molecule has 1 fully saturated rings. The van der Waals surface area contributed by atoms with E-state index in [4.69, 9.17) is 9.47 Å². The highest BCUT2D eigenvalue weighted by molar-refractivity contribution is 5.93. The van der Waals surface area contributed by atoms with Crippen molar-refractivity contribution in [3.05, 3.63) is 63.7 Å². The highest BCUT2D eigenvalue weighted by atomic mass is 16.6. The lowest BCUT2D eigenvalue weighted by Gasteiger charge is -2.31. The fraction of sp³-hybridized carbons (Fsp3) is 0.391. The number of hydrogen-bond acceptors (Lipinski definition) is 7. The number of nitrogens with one attached hydrogen (secondary N) is 1. The molecule has 3 rings (SSSR count). The Balaban J connectivity index is 1.57. The van der Waals surface area contributed by atoms with Crippen LogP contribution in [-0.2, 0) is 16.1 Å². The molecule has 1 N–H and O–H groups in total. The molecule has 1 aliphatic rings. The van der Waals surface area contributed by atoms with Crippen LogP contribution in [0.5, 0.6) is 5.75 Å². The molecule has 0 bridgehead atoms. The zero-order valence-electron chi connectivity index (χ0n) is 18.2. The quantitative estimate of drug-likeness (QED) is 0.380. The van der Waals surface area contributed by atoms with Gasteiger partial charge in [-0.2, -0.15) is 0 Å². The molecule has 32 heavy (non-hydrogen) atoms. The van der Waals surface area contributed by atoms with Crippen molar-refractivity contribution >= 4 is 23.3 Å². The molecule has 9 heteroatoms. The van der Waals surface area contributed by atoms with E-state index in [0.29, 0.717) is 17.4 Å². The summed E-state index contributed by atoms with van der Waals surface area (Å²) in [4.78, 5) is 37.5. The Kier molecular flexibility index (Phi) is 7.64. The maximum Gasteiger partial charge on any atom is 0.338 e. The van der Waals surface area contributed by atoms with Gasteiger partial charge in [-0.1, -0.05) is 19.1 Å². The topological polar surface area (TPSA) is 111 Å². The lowest BCUT2D eigenvalue weighted by Crippen LogP contribution is -2.33. The minimum atomic E-state index is -0.788. The van der Waals surface area contributed by atoms with Crippen LogP contribution in [-0.4, -0.2) is 43.6 Å². The average molecular weight is 441 g/mol. The van der Waals surface area contributed by atoms with Gasteiger partial charge in [-0.05, 0) is 48.6 Å². The first kappa shape index (κ1) is 23.1. The molecular formula is C23H27N3O6. The second-order valence-electron chi connectivity index (χ2n) is 7.83. The van der Waals surface area contributed by atoms with E-state index in [9.17, 15) is 19.7 Å².